The van der Waals surface area contributed by atoms with Crippen molar-refractivity contribution in [1.82, 2.24) is 10.3 Å². The average molecular weight is 350 g/mol. The van der Waals surface area contributed by atoms with Crippen LogP contribution < -0.4 is 10.6 Å². The summed E-state index contributed by atoms with van der Waals surface area (Å²) in [4.78, 5) is 4.95. The molecule has 4 aromatic rings. The highest BCUT2D eigenvalue weighted by Gasteiger charge is 2.10. The maximum atomic E-state index is 5.72. The van der Waals surface area contributed by atoms with Crippen LogP contribution in [-0.2, 0) is 0 Å². The molecule has 0 aliphatic rings. The molecule has 4 rings (SSSR count). The Morgan fingerprint density at radius 2 is 1.56 bits per heavy atom. The van der Waals surface area contributed by atoms with Gasteiger partial charge < -0.3 is 10.6 Å². The lowest BCUT2D eigenvalue weighted by molar-refractivity contribution is 0.743. The monoisotopic (exact) mass is 349 g/mol. The summed E-state index contributed by atoms with van der Waals surface area (Å²) in [5.41, 5.74) is 3.22. The molecular weight excluding hydrogens is 330 g/mol. The van der Waals surface area contributed by atoms with Crippen molar-refractivity contribution in [3.63, 3.8) is 0 Å². The number of para-hydroxylation sites is 1. The molecule has 0 unspecified atom stereocenters. The number of halogens is 1. The minimum Gasteiger partial charge on any atom is -0.383 e. The zero-order valence-corrected chi connectivity index (χ0v) is 14.7. The van der Waals surface area contributed by atoms with Gasteiger partial charge in [-0.2, -0.15) is 0 Å². The van der Waals surface area contributed by atoms with Crippen molar-refractivity contribution in [2.75, 3.05) is 30.8 Å². The lowest BCUT2D eigenvalue weighted by Crippen LogP contribution is -2.24. The van der Waals surface area contributed by atoms with Crippen molar-refractivity contribution in [2.24, 2.45) is 0 Å². The molecule has 0 radical (unpaired) electrons. The topological polar surface area (TPSA) is 37.0 Å². The second-order valence-electron chi connectivity index (χ2n) is 6.05. The molecule has 0 saturated carbocycles. The predicted octanol–water partition coefficient (Wildman–Crippen LogP) is 4.78. The van der Waals surface area contributed by atoms with Gasteiger partial charge in [0, 0.05) is 41.7 Å². The second kappa shape index (κ2) is 7.26. The Balaban J connectivity index is 1.85. The number of nitrogens with one attached hydrogen (secondary N) is 2. The Kier molecular flexibility index (Phi) is 4.68. The molecule has 0 atom stereocenters. The highest BCUT2D eigenvalue weighted by Crippen LogP contribution is 2.34. The first-order valence-corrected chi connectivity index (χ1v) is 9.13. The quantitative estimate of drug-likeness (QED) is 0.227. The van der Waals surface area contributed by atoms with Crippen LogP contribution in [0.25, 0.3) is 32.6 Å². The lowest BCUT2D eigenvalue weighted by Gasteiger charge is -2.14. The van der Waals surface area contributed by atoms with Crippen LogP contribution in [0, 0.1) is 0 Å². The number of alkyl halides is 1. The maximum Gasteiger partial charge on any atom is 0.0808 e. The van der Waals surface area contributed by atoms with Crippen LogP contribution in [0.15, 0.2) is 60.7 Å². The molecule has 1 heterocycles. The summed E-state index contributed by atoms with van der Waals surface area (Å²) in [5, 5.41) is 11.7. The van der Waals surface area contributed by atoms with Crippen LogP contribution in [0.2, 0.25) is 0 Å². The van der Waals surface area contributed by atoms with Gasteiger partial charge in [0.15, 0.2) is 0 Å². The molecule has 25 heavy (non-hydrogen) atoms. The standard InChI is InChI=1S/C21H20ClN3/c22-11-12-23-13-14-24-20-17-7-3-4-8-19(17)25-21-16-6-2-1-5-15(16)9-10-18(20)21/h1-10,23H,11-14H2,(H,24,25). The lowest BCUT2D eigenvalue weighted by atomic mass is 10.0. The molecule has 0 fully saturated rings. The number of fused-ring (bicyclic) bond motifs is 4. The first-order valence-electron chi connectivity index (χ1n) is 8.59. The van der Waals surface area contributed by atoms with Gasteiger partial charge in [0.2, 0.25) is 0 Å². The number of hydrogen-bond donors (Lipinski definition) is 2. The molecule has 3 nitrogen and oxygen atoms in total. The van der Waals surface area contributed by atoms with Gasteiger partial charge in [-0.05, 0) is 11.5 Å². The van der Waals surface area contributed by atoms with Crippen LogP contribution in [0.1, 0.15) is 0 Å². The molecule has 0 saturated heterocycles. The fourth-order valence-electron chi connectivity index (χ4n) is 3.28. The van der Waals surface area contributed by atoms with Crippen molar-refractivity contribution < 1.29 is 0 Å². The zero-order valence-electron chi connectivity index (χ0n) is 13.9. The minimum atomic E-state index is 0.632. The Bertz CT molecular complexity index is 1030. The van der Waals surface area contributed by atoms with Crippen LogP contribution in [0.3, 0.4) is 0 Å². The summed E-state index contributed by atoms with van der Waals surface area (Å²) in [6.07, 6.45) is 0. The number of nitrogens with zero attached hydrogens (tertiary/aromatic N) is 1. The molecule has 0 bridgehead atoms. The molecule has 4 heteroatoms. The third kappa shape index (κ3) is 3.13. The van der Waals surface area contributed by atoms with Gasteiger partial charge in [0.05, 0.1) is 16.7 Å². The third-order valence-electron chi connectivity index (χ3n) is 4.45. The molecule has 0 amide bonds. The Labute approximate surface area is 152 Å². The third-order valence-corrected chi connectivity index (χ3v) is 4.64. The van der Waals surface area contributed by atoms with Gasteiger partial charge in [-0.15, -0.1) is 11.6 Å². The average Bonchev–Trinajstić information content (AvgIpc) is 2.67. The van der Waals surface area contributed by atoms with Crippen LogP contribution in [0.4, 0.5) is 5.69 Å². The van der Waals surface area contributed by atoms with E-state index in [0.717, 1.165) is 47.1 Å². The van der Waals surface area contributed by atoms with Gasteiger partial charge in [-0.25, -0.2) is 4.98 Å². The number of pyridine rings is 1. The van der Waals surface area contributed by atoms with E-state index in [0.29, 0.717) is 5.88 Å². The first kappa shape index (κ1) is 16.1. The summed E-state index contributed by atoms with van der Waals surface area (Å²) in [6.45, 7) is 2.54. The van der Waals surface area contributed by atoms with E-state index in [-0.39, 0.29) is 0 Å². The highest BCUT2D eigenvalue weighted by molar-refractivity contribution is 6.18. The molecule has 0 spiro atoms. The SMILES string of the molecule is ClCCNCCNc1c2ccccc2nc2c1ccc1ccccc12. The predicted molar refractivity (Wildman–Crippen MR) is 109 cm³/mol. The van der Waals surface area contributed by atoms with Gasteiger partial charge in [0.1, 0.15) is 0 Å². The first-order chi connectivity index (χ1) is 12.4. The summed E-state index contributed by atoms with van der Waals surface area (Å²) < 4.78 is 0. The van der Waals surface area contributed by atoms with Gasteiger partial charge in [-0.3, -0.25) is 0 Å². The number of hydrogen-bond acceptors (Lipinski definition) is 3. The fraction of sp³-hybridized carbons (Fsp3) is 0.190. The van der Waals surface area contributed by atoms with Crippen molar-refractivity contribution in [1.29, 1.82) is 0 Å². The van der Waals surface area contributed by atoms with Gasteiger partial charge >= 0.3 is 0 Å². The second-order valence-corrected chi connectivity index (χ2v) is 6.43. The maximum absolute atomic E-state index is 5.72. The van der Waals surface area contributed by atoms with Crippen molar-refractivity contribution in [2.45, 2.75) is 0 Å². The molecule has 3 aromatic carbocycles. The molecule has 0 aliphatic carbocycles. The highest BCUT2D eigenvalue weighted by atomic mass is 35.5. The van der Waals surface area contributed by atoms with E-state index in [1.807, 2.05) is 6.07 Å². The summed E-state index contributed by atoms with van der Waals surface area (Å²) in [5.74, 6) is 0.632. The molecule has 1 aromatic heterocycles. The Morgan fingerprint density at radius 1 is 0.760 bits per heavy atom. The molecule has 0 aliphatic heterocycles. The number of rotatable bonds is 6. The number of anilines is 1. The van der Waals surface area contributed by atoms with Crippen molar-refractivity contribution in [3.8, 4) is 0 Å². The Hall–Kier alpha value is -2.36. The van der Waals surface area contributed by atoms with Gasteiger partial charge in [0.25, 0.3) is 0 Å². The fourth-order valence-corrected chi connectivity index (χ4v) is 3.42. The van der Waals surface area contributed by atoms with E-state index >= 15 is 0 Å². The van der Waals surface area contributed by atoms with Crippen molar-refractivity contribution in [3.05, 3.63) is 60.7 Å². The van der Waals surface area contributed by atoms with Crippen LogP contribution in [0.5, 0.6) is 0 Å². The van der Waals surface area contributed by atoms with Crippen LogP contribution >= 0.6 is 11.6 Å². The zero-order chi connectivity index (χ0) is 17.1. The number of benzene rings is 3. The largest absolute Gasteiger partial charge is 0.383 e. The van der Waals surface area contributed by atoms with E-state index < -0.39 is 0 Å². The van der Waals surface area contributed by atoms with Crippen LogP contribution in [-0.4, -0.2) is 30.5 Å². The minimum absolute atomic E-state index is 0.632. The van der Waals surface area contributed by atoms with E-state index in [2.05, 4.69) is 65.2 Å². The van der Waals surface area contributed by atoms with Crippen molar-refractivity contribution >= 4 is 49.9 Å². The summed E-state index contributed by atoms with van der Waals surface area (Å²) in [7, 11) is 0. The normalized spacial score (nSPS) is 11.4. The molecular formula is C21H20ClN3. The number of aromatic nitrogens is 1. The molecule has 126 valence electrons. The van der Waals surface area contributed by atoms with E-state index in [1.165, 1.54) is 10.8 Å². The summed E-state index contributed by atoms with van der Waals surface area (Å²) >= 11 is 5.72. The molecule has 2 N–H and O–H groups in total. The van der Waals surface area contributed by atoms with E-state index in [4.69, 9.17) is 16.6 Å². The van der Waals surface area contributed by atoms with Gasteiger partial charge in [-0.1, -0.05) is 54.6 Å². The summed E-state index contributed by atoms with van der Waals surface area (Å²) in [6, 6.07) is 21.1. The van der Waals surface area contributed by atoms with E-state index in [9.17, 15) is 0 Å². The van der Waals surface area contributed by atoms with E-state index in [1.54, 1.807) is 0 Å². The Morgan fingerprint density at radius 3 is 2.44 bits per heavy atom. The smallest absolute Gasteiger partial charge is 0.0808 e.